The molecule has 1 aliphatic rings. The van der Waals surface area contributed by atoms with Gasteiger partial charge in [0.2, 0.25) is 0 Å². The monoisotopic (exact) mass is 354 g/mol. The minimum Gasteiger partial charge on any atom is -0.465 e. The van der Waals surface area contributed by atoms with Crippen LogP contribution in [0, 0.1) is 0 Å². The Kier molecular flexibility index (Phi) is 5.48. The molecule has 1 saturated heterocycles. The number of benzene rings is 1. The third-order valence-corrected chi connectivity index (χ3v) is 4.36. The maximum atomic E-state index is 12.6. The van der Waals surface area contributed by atoms with E-state index in [1.165, 1.54) is 7.11 Å². The predicted molar refractivity (Wildman–Crippen MR) is 98.7 cm³/mol. The first-order valence-electron chi connectivity index (χ1n) is 8.46. The number of carbonyl (C=O) groups excluding carboxylic acids is 2. The smallest absolute Gasteiger partial charge is 0.337 e. The van der Waals surface area contributed by atoms with Gasteiger partial charge >= 0.3 is 5.97 Å². The van der Waals surface area contributed by atoms with Gasteiger partial charge < -0.3 is 19.9 Å². The zero-order chi connectivity index (χ0) is 18.5. The first-order valence-corrected chi connectivity index (χ1v) is 8.46. The molecule has 2 heterocycles. The summed E-state index contributed by atoms with van der Waals surface area (Å²) in [6.07, 6.45) is 1.62. The van der Waals surface area contributed by atoms with Gasteiger partial charge in [-0.05, 0) is 43.4 Å². The van der Waals surface area contributed by atoms with Crippen LogP contribution in [0.1, 0.15) is 20.8 Å². The summed E-state index contributed by atoms with van der Waals surface area (Å²) in [5, 5.41) is 3.22. The number of pyridine rings is 1. The summed E-state index contributed by atoms with van der Waals surface area (Å²) < 4.78 is 4.69. The molecule has 136 valence electrons. The zero-order valence-electron chi connectivity index (χ0n) is 14.9. The first-order chi connectivity index (χ1) is 12.6. The number of amides is 1. The second-order valence-corrected chi connectivity index (χ2v) is 6.22. The van der Waals surface area contributed by atoms with Crippen LogP contribution in [0.25, 0.3) is 0 Å². The molecule has 0 radical (unpaired) electrons. The third kappa shape index (κ3) is 4.18. The number of methoxy groups -OCH3 is 1. The molecule has 3 rings (SSSR count). The minimum atomic E-state index is -0.375. The van der Waals surface area contributed by atoms with Crippen LogP contribution in [-0.2, 0) is 4.74 Å². The van der Waals surface area contributed by atoms with Crippen LogP contribution in [0.2, 0.25) is 0 Å². The fourth-order valence-electron chi connectivity index (χ4n) is 2.77. The summed E-state index contributed by atoms with van der Waals surface area (Å²) >= 11 is 0. The number of piperazine rings is 1. The molecular weight excluding hydrogens is 332 g/mol. The topological polar surface area (TPSA) is 74.8 Å². The number of likely N-dealkylation sites (N-methyl/N-ethyl adjacent to an activating group) is 1. The van der Waals surface area contributed by atoms with Crippen molar-refractivity contribution in [2.45, 2.75) is 0 Å². The molecule has 7 nitrogen and oxygen atoms in total. The fraction of sp³-hybridized carbons (Fsp3) is 0.316. The van der Waals surface area contributed by atoms with E-state index in [0.717, 1.165) is 24.5 Å². The molecule has 0 atom stereocenters. The van der Waals surface area contributed by atoms with Crippen LogP contribution in [0.15, 0.2) is 42.6 Å². The van der Waals surface area contributed by atoms with Crippen molar-refractivity contribution in [2.24, 2.45) is 0 Å². The Bertz CT molecular complexity index is 784. The lowest BCUT2D eigenvalue weighted by molar-refractivity contribution is 0.0599. The molecule has 1 fully saturated rings. The average molecular weight is 354 g/mol. The van der Waals surface area contributed by atoms with E-state index in [0.29, 0.717) is 24.3 Å². The fourth-order valence-corrected chi connectivity index (χ4v) is 2.77. The van der Waals surface area contributed by atoms with Crippen LogP contribution in [0.3, 0.4) is 0 Å². The molecule has 1 aromatic carbocycles. The number of hydrogen-bond donors (Lipinski definition) is 1. The van der Waals surface area contributed by atoms with Gasteiger partial charge in [-0.15, -0.1) is 0 Å². The Morgan fingerprint density at radius 1 is 1.04 bits per heavy atom. The summed E-state index contributed by atoms with van der Waals surface area (Å²) in [5.74, 6) is -0.427. The molecule has 1 N–H and O–H groups in total. The van der Waals surface area contributed by atoms with Gasteiger partial charge in [0, 0.05) is 43.8 Å². The second kappa shape index (κ2) is 7.97. The highest BCUT2D eigenvalue weighted by molar-refractivity contribution is 5.93. The highest BCUT2D eigenvalue weighted by atomic mass is 16.5. The molecule has 0 aliphatic carbocycles. The molecule has 0 saturated carbocycles. The van der Waals surface area contributed by atoms with Crippen molar-refractivity contribution in [1.82, 2.24) is 14.8 Å². The Labute approximate surface area is 152 Å². The van der Waals surface area contributed by atoms with Crippen molar-refractivity contribution < 1.29 is 14.3 Å². The Morgan fingerprint density at radius 2 is 1.73 bits per heavy atom. The number of rotatable bonds is 4. The molecular formula is C19H22N4O3. The number of nitrogens with zero attached hydrogens (tertiary/aromatic N) is 3. The number of anilines is 2. The largest absolute Gasteiger partial charge is 0.465 e. The summed E-state index contributed by atoms with van der Waals surface area (Å²) in [7, 11) is 3.40. The molecule has 7 heteroatoms. The SMILES string of the molecule is COC(=O)c1ccc(Nc2ccnc(C(=O)N3CCN(C)CC3)c2)cc1. The van der Waals surface area contributed by atoms with E-state index in [2.05, 4.69) is 27.0 Å². The van der Waals surface area contributed by atoms with E-state index < -0.39 is 0 Å². The molecule has 1 aliphatic heterocycles. The maximum Gasteiger partial charge on any atom is 0.337 e. The Balaban J connectivity index is 1.69. The summed E-state index contributed by atoms with van der Waals surface area (Å²) in [4.78, 5) is 32.4. The summed E-state index contributed by atoms with van der Waals surface area (Å²) in [6.45, 7) is 3.17. The summed E-state index contributed by atoms with van der Waals surface area (Å²) in [5.41, 5.74) is 2.48. The van der Waals surface area contributed by atoms with Gasteiger partial charge in [0.05, 0.1) is 12.7 Å². The number of carbonyl (C=O) groups is 2. The lowest BCUT2D eigenvalue weighted by atomic mass is 10.2. The van der Waals surface area contributed by atoms with E-state index in [1.807, 2.05) is 4.90 Å². The number of aromatic nitrogens is 1. The van der Waals surface area contributed by atoms with Crippen LogP contribution in [0.5, 0.6) is 0 Å². The third-order valence-electron chi connectivity index (χ3n) is 4.36. The lowest BCUT2D eigenvalue weighted by Gasteiger charge is -2.32. The zero-order valence-corrected chi connectivity index (χ0v) is 14.9. The quantitative estimate of drug-likeness (QED) is 0.847. The van der Waals surface area contributed by atoms with Crippen molar-refractivity contribution in [2.75, 3.05) is 45.7 Å². The molecule has 0 unspecified atom stereocenters. The average Bonchev–Trinajstić information content (AvgIpc) is 2.68. The van der Waals surface area contributed by atoms with E-state index in [-0.39, 0.29) is 11.9 Å². The van der Waals surface area contributed by atoms with E-state index in [9.17, 15) is 9.59 Å². The van der Waals surface area contributed by atoms with E-state index in [1.54, 1.807) is 42.6 Å². The molecule has 1 amide bonds. The number of esters is 1. The normalized spacial score (nSPS) is 14.8. The van der Waals surface area contributed by atoms with E-state index >= 15 is 0 Å². The van der Waals surface area contributed by atoms with Gasteiger partial charge in [-0.3, -0.25) is 9.78 Å². The predicted octanol–water partition coefficient (Wildman–Crippen LogP) is 2.00. The van der Waals surface area contributed by atoms with Crippen LogP contribution in [-0.4, -0.2) is 67.0 Å². The Morgan fingerprint density at radius 3 is 2.38 bits per heavy atom. The van der Waals surface area contributed by atoms with Crippen molar-refractivity contribution in [3.05, 3.63) is 53.9 Å². The molecule has 26 heavy (non-hydrogen) atoms. The lowest BCUT2D eigenvalue weighted by Crippen LogP contribution is -2.47. The van der Waals surface area contributed by atoms with Gasteiger partial charge in [-0.25, -0.2) is 4.79 Å². The van der Waals surface area contributed by atoms with Gasteiger partial charge in [0.25, 0.3) is 5.91 Å². The van der Waals surface area contributed by atoms with Crippen LogP contribution >= 0.6 is 0 Å². The van der Waals surface area contributed by atoms with Gasteiger partial charge in [-0.2, -0.15) is 0 Å². The Hall–Kier alpha value is -2.93. The summed E-state index contributed by atoms with van der Waals surface area (Å²) in [6, 6.07) is 10.5. The van der Waals surface area contributed by atoms with Crippen LogP contribution < -0.4 is 5.32 Å². The number of hydrogen-bond acceptors (Lipinski definition) is 6. The maximum absolute atomic E-state index is 12.6. The van der Waals surface area contributed by atoms with E-state index in [4.69, 9.17) is 0 Å². The van der Waals surface area contributed by atoms with Crippen LogP contribution in [0.4, 0.5) is 11.4 Å². The van der Waals surface area contributed by atoms with Crippen molar-refractivity contribution >= 4 is 23.3 Å². The standard InChI is InChI=1S/C19H22N4O3/c1-22-9-11-23(12-10-22)18(24)17-13-16(7-8-20-17)21-15-5-3-14(4-6-15)19(25)26-2/h3-8,13H,9-12H2,1-2H3,(H,20,21). The van der Waals surface area contributed by atoms with Crippen molar-refractivity contribution in [1.29, 1.82) is 0 Å². The minimum absolute atomic E-state index is 0.0530. The highest BCUT2D eigenvalue weighted by Gasteiger charge is 2.21. The highest BCUT2D eigenvalue weighted by Crippen LogP contribution is 2.18. The molecule has 0 bridgehead atoms. The van der Waals surface area contributed by atoms with Crippen molar-refractivity contribution in [3.63, 3.8) is 0 Å². The molecule has 0 spiro atoms. The van der Waals surface area contributed by atoms with Gasteiger partial charge in [0.15, 0.2) is 0 Å². The second-order valence-electron chi connectivity index (χ2n) is 6.22. The van der Waals surface area contributed by atoms with Crippen molar-refractivity contribution in [3.8, 4) is 0 Å². The van der Waals surface area contributed by atoms with Gasteiger partial charge in [0.1, 0.15) is 5.69 Å². The molecule has 2 aromatic rings. The van der Waals surface area contributed by atoms with Gasteiger partial charge in [-0.1, -0.05) is 0 Å². The molecule has 1 aromatic heterocycles. The first kappa shape index (κ1) is 17.9. The number of ether oxygens (including phenoxy) is 1. The number of nitrogens with one attached hydrogen (secondary N) is 1.